The van der Waals surface area contributed by atoms with Crippen molar-refractivity contribution in [1.82, 2.24) is 5.32 Å². The van der Waals surface area contributed by atoms with E-state index in [1.165, 1.54) is 35.1 Å². The number of benzene rings is 2. The Morgan fingerprint density at radius 2 is 1.62 bits per heavy atom. The molecule has 0 aliphatic heterocycles. The molecule has 1 saturated carbocycles. The van der Waals surface area contributed by atoms with Crippen LogP contribution in [0.2, 0.25) is 0 Å². The van der Waals surface area contributed by atoms with Crippen molar-refractivity contribution in [1.29, 1.82) is 0 Å². The second-order valence-corrected chi connectivity index (χ2v) is 6.43. The highest BCUT2D eigenvalue weighted by Crippen LogP contribution is 2.56. The summed E-state index contributed by atoms with van der Waals surface area (Å²) in [6, 6.07) is 18.4. The Hall–Kier alpha value is -1.60. The Labute approximate surface area is 128 Å². The lowest BCUT2D eigenvalue weighted by molar-refractivity contribution is 0.439. The monoisotopic (exact) mass is 279 g/mol. The maximum Gasteiger partial charge on any atom is 0.0418 e. The molecule has 1 unspecified atom stereocenters. The summed E-state index contributed by atoms with van der Waals surface area (Å²) in [5.41, 5.74) is 5.93. The Morgan fingerprint density at radius 1 is 1.00 bits per heavy atom. The first-order valence-electron chi connectivity index (χ1n) is 8.03. The van der Waals surface area contributed by atoms with E-state index in [1.54, 1.807) is 0 Å². The van der Waals surface area contributed by atoms with Crippen LogP contribution in [0.25, 0.3) is 0 Å². The maximum absolute atomic E-state index is 3.75. The molecular formula is C20H25N. The molecule has 1 aliphatic carbocycles. The summed E-state index contributed by atoms with van der Waals surface area (Å²) in [5.74, 6) is 0. The van der Waals surface area contributed by atoms with Crippen molar-refractivity contribution in [3.63, 3.8) is 0 Å². The molecule has 0 radical (unpaired) electrons. The van der Waals surface area contributed by atoms with Crippen LogP contribution in [0.15, 0.2) is 48.5 Å². The average molecular weight is 279 g/mol. The first-order chi connectivity index (χ1) is 10.2. The van der Waals surface area contributed by atoms with Gasteiger partial charge < -0.3 is 5.32 Å². The topological polar surface area (TPSA) is 12.0 Å². The Morgan fingerprint density at radius 3 is 2.14 bits per heavy atom. The van der Waals surface area contributed by atoms with Crippen LogP contribution in [0.5, 0.6) is 0 Å². The Bertz CT molecular complexity index is 591. The molecule has 21 heavy (non-hydrogen) atoms. The molecule has 3 rings (SSSR count). The van der Waals surface area contributed by atoms with E-state index in [0.717, 1.165) is 6.54 Å². The summed E-state index contributed by atoms with van der Waals surface area (Å²) in [5, 5.41) is 3.75. The van der Waals surface area contributed by atoms with Crippen molar-refractivity contribution in [3.05, 3.63) is 70.8 Å². The fourth-order valence-corrected chi connectivity index (χ4v) is 3.66. The second kappa shape index (κ2) is 5.65. The quantitative estimate of drug-likeness (QED) is 0.837. The van der Waals surface area contributed by atoms with Gasteiger partial charge in [-0.05, 0) is 44.4 Å². The number of rotatable bonds is 5. The van der Waals surface area contributed by atoms with Crippen molar-refractivity contribution in [2.45, 2.75) is 45.1 Å². The van der Waals surface area contributed by atoms with Gasteiger partial charge in [0.05, 0.1) is 0 Å². The SMILES string of the molecule is CCNC(c1cc(C)cc(C)c1)C1(c2ccccc2)CC1. The zero-order chi connectivity index (χ0) is 14.9. The number of hydrogen-bond donors (Lipinski definition) is 1. The van der Waals surface area contributed by atoms with E-state index in [-0.39, 0.29) is 5.41 Å². The first kappa shape index (κ1) is 14.3. The predicted octanol–water partition coefficient (Wildman–Crippen LogP) is 4.69. The van der Waals surface area contributed by atoms with Gasteiger partial charge in [-0.2, -0.15) is 0 Å². The van der Waals surface area contributed by atoms with Crippen molar-refractivity contribution in [3.8, 4) is 0 Å². The Kier molecular flexibility index (Phi) is 3.86. The van der Waals surface area contributed by atoms with Crippen LogP contribution < -0.4 is 5.32 Å². The Balaban J connectivity index is 2.02. The molecular weight excluding hydrogens is 254 g/mol. The second-order valence-electron chi connectivity index (χ2n) is 6.43. The molecule has 110 valence electrons. The van der Waals surface area contributed by atoms with E-state index in [9.17, 15) is 0 Å². The summed E-state index contributed by atoms with van der Waals surface area (Å²) in [7, 11) is 0. The zero-order valence-electron chi connectivity index (χ0n) is 13.3. The molecule has 0 amide bonds. The van der Waals surface area contributed by atoms with E-state index < -0.39 is 0 Å². The van der Waals surface area contributed by atoms with Gasteiger partial charge in [0.25, 0.3) is 0 Å². The molecule has 1 aliphatic rings. The van der Waals surface area contributed by atoms with Crippen molar-refractivity contribution < 1.29 is 0 Å². The van der Waals surface area contributed by atoms with Gasteiger partial charge in [0.15, 0.2) is 0 Å². The molecule has 0 saturated heterocycles. The minimum Gasteiger partial charge on any atom is -0.309 e. The molecule has 0 bridgehead atoms. The van der Waals surface area contributed by atoms with Gasteiger partial charge in [0, 0.05) is 11.5 Å². The average Bonchev–Trinajstić information content (AvgIpc) is 3.26. The van der Waals surface area contributed by atoms with Gasteiger partial charge in [-0.3, -0.25) is 0 Å². The summed E-state index contributed by atoms with van der Waals surface area (Å²) < 4.78 is 0. The normalized spacial score (nSPS) is 17.5. The molecule has 0 spiro atoms. The van der Waals surface area contributed by atoms with E-state index in [1.807, 2.05) is 0 Å². The van der Waals surface area contributed by atoms with Gasteiger partial charge in [0.2, 0.25) is 0 Å². The van der Waals surface area contributed by atoms with Crippen LogP contribution in [-0.4, -0.2) is 6.54 Å². The maximum atomic E-state index is 3.75. The van der Waals surface area contributed by atoms with Crippen LogP contribution in [0.4, 0.5) is 0 Å². The first-order valence-corrected chi connectivity index (χ1v) is 8.03. The standard InChI is InChI=1S/C20H25N/c1-4-21-19(17-13-15(2)12-16(3)14-17)20(10-11-20)18-8-6-5-7-9-18/h5-9,12-14,19,21H,4,10-11H2,1-3H3. The van der Waals surface area contributed by atoms with Crippen molar-refractivity contribution >= 4 is 0 Å². The number of aryl methyl sites for hydroxylation is 2. The number of nitrogens with one attached hydrogen (secondary N) is 1. The van der Waals surface area contributed by atoms with E-state index >= 15 is 0 Å². The largest absolute Gasteiger partial charge is 0.309 e. The molecule has 0 heterocycles. The van der Waals surface area contributed by atoms with E-state index in [4.69, 9.17) is 0 Å². The fraction of sp³-hybridized carbons (Fsp3) is 0.400. The summed E-state index contributed by atoms with van der Waals surface area (Å²) in [4.78, 5) is 0. The number of likely N-dealkylation sites (N-methyl/N-ethyl adjacent to an activating group) is 1. The molecule has 1 heteroatoms. The molecule has 1 N–H and O–H groups in total. The number of hydrogen-bond acceptors (Lipinski definition) is 1. The fourth-order valence-electron chi connectivity index (χ4n) is 3.66. The highest BCUT2D eigenvalue weighted by atomic mass is 14.9. The van der Waals surface area contributed by atoms with Gasteiger partial charge >= 0.3 is 0 Å². The van der Waals surface area contributed by atoms with Gasteiger partial charge in [-0.15, -0.1) is 0 Å². The van der Waals surface area contributed by atoms with Crippen LogP contribution >= 0.6 is 0 Å². The summed E-state index contributed by atoms with van der Waals surface area (Å²) >= 11 is 0. The molecule has 0 aromatic heterocycles. The lowest BCUT2D eigenvalue weighted by atomic mass is 9.83. The highest BCUT2D eigenvalue weighted by Gasteiger charge is 2.50. The third-order valence-electron chi connectivity index (χ3n) is 4.68. The van der Waals surface area contributed by atoms with Gasteiger partial charge in [-0.25, -0.2) is 0 Å². The third-order valence-corrected chi connectivity index (χ3v) is 4.68. The summed E-state index contributed by atoms with van der Waals surface area (Å²) in [6.45, 7) is 7.60. The van der Waals surface area contributed by atoms with Crippen LogP contribution in [0, 0.1) is 13.8 Å². The molecule has 1 fully saturated rings. The van der Waals surface area contributed by atoms with Crippen molar-refractivity contribution in [2.24, 2.45) is 0 Å². The summed E-state index contributed by atoms with van der Waals surface area (Å²) in [6.07, 6.45) is 2.56. The molecule has 2 aromatic carbocycles. The van der Waals surface area contributed by atoms with Crippen LogP contribution in [-0.2, 0) is 5.41 Å². The lowest BCUT2D eigenvalue weighted by Crippen LogP contribution is -2.32. The van der Waals surface area contributed by atoms with Crippen molar-refractivity contribution in [2.75, 3.05) is 6.54 Å². The van der Waals surface area contributed by atoms with Crippen LogP contribution in [0.3, 0.4) is 0 Å². The molecule has 1 nitrogen and oxygen atoms in total. The minimum absolute atomic E-state index is 0.289. The van der Waals surface area contributed by atoms with Gasteiger partial charge in [-0.1, -0.05) is 66.6 Å². The van der Waals surface area contributed by atoms with E-state index in [2.05, 4.69) is 74.6 Å². The van der Waals surface area contributed by atoms with Gasteiger partial charge in [0.1, 0.15) is 0 Å². The van der Waals surface area contributed by atoms with Crippen LogP contribution in [0.1, 0.15) is 48.1 Å². The lowest BCUT2D eigenvalue weighted by Gasteiger charge is -2.29. The third kappa shape index (κ3) is 2.75. The highest BCUT2D eigenvalue weighted by molar-refractivity contribution is 5.40. The zero-order valence-corrected chi connectivity index (χ0v) is 13.3. The van der Waals surface area contributed by atoms with E-state index in [0.29, 0.717) is 6.04 Å². The molecule has 2 aromatic rings. The minimum atomic E-state index is 0.289. The predicted molar refractivity (Wildman–Crippen MR) is 89.7 cm³/mol. The smallest absolute Gasteiger partial charge is 0.0418 e. The molecule has 1 atom stereocenters.